The Kier molecular flexibility index (Phi) is 5.09. The van der Waals surface area contributed by atoms with Gasteiger partial charge in [0.15, 0.2) is 0 Å². The van der Waals surface area contributed by atoms with Crippen LogP contribution in [0.25, 0.3) is 0 Å². The second-order valence-electron chi connectivity index (χ2n) is 6.53. The molecule has 1 aromatic carbocycles. The summed E-state index contributed by atoms with van der Waals surface area (Å²) in [5.41, 5.74) is 9.01. The maximum Gasteiger partial charge on any atom is 0.0521 e. The molecule has 2 nitrogen and oxygen atoms in total. The second kappa shape index (κ2) is 6.62. The molecule has 2 unspecified atom stereocenters. The number of rotatable bonds is 4. The summed E-state index contributed by atoms with van der Waals surface area (Å²) >= 11 is 0. The molecule has 1 aliphatic rings. The van der Waals surface area contributed by atoms with E-state index in [-0.39, 0.29) is 5.54 Å². The summed E-state index contributed by atoms with van der Waals surface area (Å²) in [5.74, 6) is 0.898. The zero-order valence-corrected chi connectivity index (χ0v) is 13.4. The molecule has 0 aromatic heterocycles. The number of anilines is 1. The number of benzene rings is 1. The normalized spacial score (nSPS) is 27.1. The smallest absolute Gasteiger partial charge is 0.0521 e. The van der Waals surface area contributed by atoms with Crippen molar-refractivity contribution in [2.75, 3.05) is 18.5 Å². The van der Waals surface area contributed by atoms with Crippen molar-refractivity contribution in [2.24, 2.45) is 11.7 Å². The van der Waals surface area contributed by atoms with Gasteiger partial charge in [-0.25, -0.2) is 0 Å². The number of aryl methyl sites for hydroxylation is 1. The third-order valence-electron chi connectivity index (χ3n) is 5.33. The summed E-state index contributed by atoms with van der Waals surface area (Å²) in [6.45, 7) is 5.24. The van der Waals surface area contributed by atoms with E-state index in [2.05, 4.69) is 50.1 Å². The Hall–Kier alpha value is -1.02. The van der Waals surface area contributed by atoms with Gasteiger partial charge in [0.1, 0.15) is 0 Å². The molecule has 0 saturated heterocycles. The minimum absolute atomic E-state index is 0.151. The fourth-order valence-corrected chi connectivity index (χ4v) is 3.66. The molecule has 1 fully saturated rings. The minimum atomic E-state index is 0.151. The lowest BCUT2D eigenvalue weighted by atomic mass is 9.87. The number of likely N-dealkylation sites (N-methyl/N-ethyl adjacent to an activating group) is 1. The Morgan fingerprint density at radius 3 is 2.75 bits per heavy atom. The highest BCUT2D eigenvalue weighted by molar-refractivity contribution is 5.50. The van der Waals surface area contributed by atoms with E-state index in [0.717, 1.165) is 12.5 Å². The average Bonchev–Trinajstić information content (AvgIpc) is 2.69. The molecule has 1 aromatic rings. The van der Waals surface area contributed by atoms with E-state index in [4.69, 9.17) is 5.73 Å². The van der Waals surface area contributed by atoms with E-state index in [9.17, 15) is 0 Å². The molecule has 2 atom stereocenters. The molecule has 1 saturated carbocycles. The second-order valence-corrected chi connectivity index (χ2v) is 6.53. The van der Waals surface area contributed by atoms with Crippen molar-refractivity contribution in [3.8, 4) is 0 Å². The maximum atomic E-state index is 6.23. The molecule has 0 radical (unpaired) electrons. The molecule has 112 valence electrons. The molecule has 1 aliphatic carbocycles. The van der Waals surface area contributed by atoms with Crippen molar-refractivity contribution in [3.63, 3.8) is 0 Å². The number of hydrogen-bond acceptors (Lipinski definition) is 2. The number of hydrogen-bond donors (Lipinski definition) is 1. The van der Waals surface area contributed by atoms with Crippen LogP contribution in [0.2, 0.25) is 0 Å². The molecular formula is C18H30N2. The topological polar surface area (TPSA) is 29.3 Å². The highest BCUT2D eigenvalue weighted by Crippen LogP contribution is 2.37. The fourth-order valence-electron chi connectivity index (χ4n) is 3.66. The zero-order chi connectivity index (χ0) is 14.6. The lowest BCUT2D eigenvalue weighted by Crippen LogP contribution is -2.52. The van der Waals surface area contributed by atoms with Gasteiger partial charge in [0.05, 0.1) is 5.54 Å². The van der Waals surface area contributed by atoms with Crippen LogP contribution in [-0.4, -0.2) is 19.1 Å². The summed E-state index contributed by atoms with van der Waals surface area (Å²) in [6.07, 6.45) is 7.78. The van der Waals surface area contributed by atoms with E-state index in [0.29, 0.717) is 0 Å². The van der Waals surface area contributed by atoms with Crippen molar-refractivity contribution in [1.82, 2.24) is 0 Å². The Morgan fingerprint density at radius 1 is 1.30 bits per heavy atom. The molecule has 0 spiro atoms. The maximum absolute atomic E-state index is 6.23. The van der Waals surface area contributed by atoms with Crippen LogP contribution < -0.4 is 10.6 Å². The molecule has 0 aliphatic heterocycles. The third-order valence-corrected chi connectivity index (χ3v) is 5.33. The molecule has 0 amide bonds. The molecule has 2 N–H and O–H groups in total. The first-order valence-corrected chi connectivity index (χ1v) is 8.12. The van der Waals surface area contributed by atoms with Gasteiger partial charge in [-0.05, 0) is 49.8 Å². The van der Waals surface area contributed by atoms with Crippen molar-refractivity contribution in [2.45, 2.75) is 57.9 Å². The first kappa shape index (κ1) is 15.4. The quantitative estimate of drug-likeness (QED) is 0.837. The van der Waals surface area contributed by atoms with Gasteiger partial charge in [-0.1, -0.05) is 38.3 Å². The van der Waals surface area contributed by atoms with Gasteiger partial charge in [0, 0.05) is 19.3 Å². The summed E-state index contributed by atoms with van der Waals surface area (Å²) in [4.78, 5) is 2.46. The molecule has 0 bridgehead atoms. The lowest BCUT2D eigenvalue weighted by molar-refractivity contribution is 0.353. The van der Waals surface area contributed by atoms with Gasteiger partial charge in [-0.2, -0.15) is 0 Å². The van der Waals surface area contributed by atoms with Crippen LogP contribution in [0.3, 0.4) is 0 Å². The Labute approximate surface area is 124 Å². The van der Waals surface area contributed by atoms with Gasteiger partial charge in [0.25, 0.3) is 0 Å². The molecule has 2 heteroatoms. The number of nitrogens with zero attached hydrogens (tertiary/aromatic N) is 1. The van der Waals surface area contributed by atoms with Crippen LogP contribution in [0.15, 0.2) is 24.3 Å². The minimum Gasteiger partial charge on any atom is -0.368 e. The van der Waals surface area contributed by atoms with Crippen LogP contribution >= 0.6 is 0 Å². The highest BCUT2D eigenvalue weighted by atomic mass is 15.2. The van der Waals surface area contributed by atoms with Gasteiger partial charge >= 0.3 is 0 Å². The van der Waals surface area contributed by atoms with Crippen molar-refractivity contribution in [1.29, 1.82) is 0 Å². The summed E-state index contributed by atoms with van der Waals surface area (Å²) < 4.78 is 0. The highest BCUT2D eigenvalue weighted by Gasteiger charge is 2.35. The van der Waals surface area contributed by atoms with E-state index < -0.39 is 0 Å². The summed E-state index contributed by atoms with van der Waals surface area (Å²) in [5, 5.41) is 0. The van der Waals surface area contributed by atoms with Gasteiger partial charge < -0.3 is 10.6 Å². The molecular weight excluding hydrogens is 244 g/mol. The molecule has 0 heterocycles. The Morgan fingerprint density at radius 2 is 2.10 bits per heavy atom. The van der Waals surface area contributed by atoms with Crippen LogP contribution in [0.4, 0.5) is 5.69 Å². The van der Waals surface area contributed by atoms with E-state index >= 15 is 0 Å². The summed E-state index contributed by atoms with van der Waals surface area (Å²) in [7, 11) is 2.23. The first-order valence-electron chi connectivity index (χ1n) is 8.12. The fraction of sp³-hybridized carbons (Fsp3) is 0.667. The largest absolute Gasteiger partial charge is 0.368 e. The first-order chi connectivity index (χ1) is 9.61. The van der Waals surface area contributed by atoms with E-state index in [1.54, 1.807) is 0 Å². The Balaban J connectivity index is 2.21. The van der Waals surface area contributed by atoms with Crippen LogP contribution in [-0.2, 0) is 0 Å². The predicted molar refractivity (Wildman–Crippen MR) is 88.2 cm³/mol. The van der Waals surface area contributed by atoms with Crippen LogP contribution in [0, 0.1) is 12.8 Å². The van der Waals surface area contributed by atoms with Crippen molar-refractivity contribution in [3.05, 3.63) is 29.8 Å². The predicted octanol–water partition coefficient (Wildman–Crippen LogP) is 4.12. The van der Waals surface area contributed by atoms with Crippen LogP contribution in [0.5, 0.6) is 0 Å². The van der Waals surface area contributed by atoms with Gasteiger partial charge in [-0.3, -0.25) is 0 Å². The standard InChI is InChI=1S/C18H30N2/c1-4-16-8-6-11-18(14-19,12-10-16)20(3)17-9-5-7-15(2)13-17/h5,7,9,13,16H,4,6,8,10-12,14,19H2,1-3H3. The van der Waals surface area contributed by atoms with Crippen LogP contribution in [0.1, 0.15) is 51.0 Å². The van der Waals surface area contributed by atoms with Crippen molar-refractivity contribution >= 4 is 5.69 Å². The SMILES string of the molecule is CCC1CCCC(CN)(N(C)c2cccc(C)c2)CC1. The van der Waals surface area contributed by atoms with Gasteiger partial charge in [-0.15, -0.1) is 0 Å². The lowest BCUT2D eigenvalue weighted by Gasteiger charge is -2.42. The Bertz CT molecular complexity index is 429. The molecule has 20 heavy (non-hydrogen) atoms. The van der Waals surface area contributed by atoms with E-state index in [1.165, 1.54) is 49.8 Å². The third kappa shape index (κ3) is 3.17. The summed E-state index contributed by atoms with van der Waals surface area (Å²) in [6, 6.07) is 8.80. The number of nitrogens with two attached hydrogens (primary N) is 1. The monoisotopic (exact) mass is 274 g/mol. The zero-order valence-electron chi connectivity index (χ0n) is 13.4. The molecule has 2 rings (SSSR count). The van der Waals surface area contributed by atoms with Gasteiger partial charge in [0.2, 0.25) is 0 Å². The van der Waals surface area contributed by atoms with E-state index in [1.807, 2.05) is 0 Å². The average molecular weight is 274 g/mol. The van der Waals surface area contributed by atoms with Crippen molar-refractivity contribution < 1.29 is 0 Å².